The topological polar surface area (TPSA) is 73.2 Å². The van der Waals surface area contributed by atoms with Crippen LogP contribution in [0, 0.1) is 11.3 Å². The Hall–Kier alpha value is -1.62. The Morgan fingerprint density at radius 1 is 1.19 bits per heavy atom. The zero-order valence-electron chi connectivity index (χ0n) is 14.0. The lowest BCUT2D eigenvalue weighted by Crippen LogP contribution is -2.68. The van der Waals surface area contributed by atoms with E-state index in [1.165, 1.54) is 22.5 Å². The molecule has 0 unspecified atom stereocenters. The van der Waals surface area contributed by atoms with Crippen LogP contribution in [0.2, 0.25) is 10.0 Å². The van der Waals surface area contributed by atoms with Crippen LogP contribution in [0.25, 0.3) is 0 Å². The van der Waals surface area contributed by atoms with Crippen molar-refractivity contribution >= 4 is 33.2 Å². The van der Waals surface area contributed by atoms with E-state index in [0.29, 0.717) is 30.2 Å². The lowest BCUT2D eigenvalue weighted by molar-refractivity contribution is 0.131. The van der Waals surface area contributed by atoms with Crippen molar-refractivity contribution in [1.29, 1.82) is 5.26 Å². The summed E-state index contributed by atoms with van der Waals surface area (Å²) in [5, 5.41) is 12.7. The summed E-state index contributed by atoms with van der Waals surface area (Å²) in [5.74, 6) is 0. The molecule has 136 valence electrons. The van der Waals surface area contributed by atoms with E-state index in [4.69, 9.17) is 28.5 Å². The smallest absolute Gasteiger partial charge is 0.244 e. The van der Waals surface area contributed by atoms with Crippen LogP contribution >= 0.6 is 23.2 Å². The van der Waals surface area contributed by atoms with Gasteiger partial charge in [0.25, 0.3) is 0 Å². The fraction of sp³-hybridized carbons (Fsp3) is 0.278. The molecule has 0 spiro atoms. The number of hydrogen-bond donors (Lipinski definition) is 1. The van der Waals surface area contributed by atoms with Gasteiger partial charge in [0.2, 0.25) is 10.0 Å². The van der Waals surface area contributed by atoms with Crippen molar-refractivity contribution < 1.29 is 8.42 Å². The minimum absolute atomic E-state index is 0.0673. The second-order valence-electron chi connectivity index (χ2n) is 6.57. The van der Waals surface area contributed by atoms with Crippen molar-refractivity contribution in [1.82, 2.24) is 9.62 Å². The van der Waals surface area contributed by atoms with E-state index >= 15 is 0 Å². The van der Waals surface area contributed by atoms with Gasteiger partial charge >= 0.3 is 0 Å². The number of halogens is 2. The van der Waals surface area contributed by atoms with E-state index in [1.807, 2.05) is 19.1 Å². The molecule has 2 aromatic carbocycles. The first kappa shape index (κ1) is 19.2. The van der Waals surface area contributed by atoms with E-state index < -0.39 is 10.0 Å². The SMILES string of the molecule is CC1(NCc2ccc(C#N)cc2)CN(S(=O)(=O)c2ccc(Cl)cc2Cl)C1. The van der Waals surface area contributed by atoms with Gasteiger partial charge in [0.15, 0.2) is 0 Å². The number of nitrogens with zero attached hydrogens (tertiary/aromatic N) is 2. The van der Waals surface area contributed by atoms with Crippen molar-refractivity contribution in [3.63, 3.8) is 0 Å². The molecule has 1 fully saturated rings. The first-order chi connectivity index (χ1) is 12.2. The van der Waals surface area contributed by atoms with Gasteiger partial charge in [0, 0.05) is 30.2 Å². The molecule has 0 bridgehead atoms. The van der Waals surface area contributed by atoms with Crippen molar-refractivity contribution in [3.8, 4) is 6.07 Å². The van der Waals surface area contributed by atoms with Gasteiger partial charge < -0.3 is 5.32 Å². The number of nitrogens with one attached hydrogen (secondary N) is 1. The molecule has 0 saturated carbocycles. The lowest BCUT2D eigenvalue weighted by atomic mass is 9.95. The van der Waals surface area contributed by atoms with Crippen LogP contribution in [0.3, 0.4) is 0 Å². The van der Waals surface area contributed by atoms with Crippen molar-refractivity contribution in [3.05, 3.63) is 63.6 Å². The molecule has 8 heteroatoms. The van der Waals surface area contributed by atoms with E-state index in [1.54, 1.807) is 12.1 Å². The fourth-order valence-corrected chi connectivity index (χ4v) is 5.28. The molecule has 26 heavy (non-hydrogen) atoms. The first-order valence-electron chi connectivity index (χ1n) is 7.93. The van der Waals surface area contributed by atoms with E-state index in [0.717, 1.165) is 5.56 Å². The van der Waals surface area contributed by atoms with Crippen LogP contribution in [-0.2, 0) is 16.6 Å². The molecule has 3 rings (SSSR count). The van der Waals surface area contributed by atoms with Crippen molar-refractivity contribution in [2.24, 2.45) is 0 Å². The molecular formula is C18H17Cl2N3O2S. The van der Waals surface area contributed by atoms with Gasteiger partial charge in [-0.3, -0.25) is 0 Å². The predicted octanol–water partition coefficient (Wildman–Crippen LogP) is 3.42. The Balaban J connectivity index is 1.63. The third-order valence-electron chi connectivity index (χ3n) is 4.36. The monoisotopic (exact) mass is 409 g/mol. The quantitative estimate of drug-likeness (QED) is 0.820. The van der Waals surface area contributed by atoms with Crippen LogP contribution in [0.1, 0.15) is 18.1 Å². The average Bonchev–Trinajstić information content (AvgIpc) is 2.57. The molecule has 0 amide bonds. The van der Waals surface area contributed by atoms with Gasteiger partial charge in [-0.1, -0.05) is 35.3 Å². The zero-order valence-corrected chi connectivity index (χ0v) is 16.4. The van der Waals surface area contributed by atoms with Gasteiger partial charge in [-0.25, -0.2) is 8.42 Å². The summed E-state index contributed by atoms with van der Waals surface area (Å²) in [5.41, 5.74) is 1.33. The lowest BCUT2D eigenvalue weighted by Gasteiger charge is -2.47. The third kappa shape index (κ3) is 3.88. The second-order valence-corrected chi connectivity index (χ2v) is 9.32. The Kier molecular flexibility index (Phi) is 5.29. The van der Waals surface area contributed by atoms with Crippen LogP contribution in [0.5, 0.6) is 0 Å². The summed E-state index contributed by atoms with van der Waals surface area (Å²) in [4.78, 5) is 0.0673. The normalized spacial score (nSPS) is 16.7. The number of benzene rings is 2. The molecule has 1 saturated heterocycles. The van der Waals surface area contributed by atoms with Gasteiger partial charge in [-0.2, -0.15) is 9.57 Å². The largest absolute Gasteiger partial charge is 0.305 e. The Bertz CT molecular complexity index is 963. The summed E-state index contributed by atoms with van der Waals surface area (Å²) in [6.45, 7) is 3.28. The van der Waals surface area contributed by atoms with Gasteiger partial charge in [-0.15, -0.1) is 0 Å². The maximum atomic E-state index is 12.7. The van der Waals surface area contributed by atoms with Crippen LogP contribution in [0.4, 0.5) is 0 Å². The van der Waals surface area contributed by atoms with Crippen molar-refractivity contribution in [2.45, 2.75) is 23.9 Å². The predicted molar refractivity (Wildman–Crippen MR) is 102 cm³/mol. The Morgan fingerprint density at radius 2 is 1.85 bits per heavy atom. The molecule has 1 N–H and O–H groups in total. The maximum absolute atomic E-state index is 12.7. The zero-order chi connectivity index (χ0) is 18.9. The molecule has 1 heterocycles. The molecular weight excluding hydrogens is 393 g/mol. The van der Waals surface area contributed by atoms with Crippen LogP contribution in [0.15, 0.2) is 47.4 Å². The molecule has 0 atom stereocenters. The van der Waals surface area contributed by atoms with Gasteiger partial charge in [-0.05, 0) is 42.8 Å². The molecule has 0 aliphatic carbocycles. The third-order valence-corrected chi connectivity index (χ3v) is 6.87. The molecule has 1 aliphatic rings. The standard InChI is InChI=1S/C18H17Cl2N3O2S/c1-18(22-10-14-4-2-13(9-21)3-5-14)11-23(12-18)26(24,25)17-7-6-15(19)8-16(17)20/h2-8,22H,10-12H2,1H3. The second kappa shape index (κ2) is 7.18. The van der Waals surface area contributed by atoms with E-state index in [2.05, 4.69) is 11.4 Å². The summed E-state index contributed by atoms with van der Waals surface area (Å²) >= 11 is 11.9. The average molecular weight is 410 g/mol. The number of nitriles is 1. The molecule has 1 aliphatic heterocycles. The van der Waals surface area contributed by atoms with E-state index in [9.17, 15) is 8.42 Å². The summed E-state index contributed by atoms with van der Waals surface area (Å²) in [6, 6.07) is 13.8. The van der Waals surface area contributed by atoms with Gasteiger partial charge in [0.1, 0.15) is 4.90 Å². The van der Waals surface area contributed by atoms with E-state index in [-0.39, 0.29) is 15.5 Å². The van der Waals surface area contributed by atoms with Crippen LogP contribution in [-0.4, -0.2) is 31.4 Å². The summed E-state index contributed by atoms with van der Waals surface area (Å²) in [6.07, 6.45) is 0. The number of hydrogen-bond acceptors (Lipinski definition) is 4. The summed E-state index contributed by atoms with van der Waals surface area (Å²) in [7, 11) is -3.65. The Morgan fingerprint density at radius 3 is 2.42 bits per heavy atom. The molecule has 2 aromatic rings. The highest BCUT2D eigenvalue weighted by atomic mass is 35.5. The van der Waals surface area contributed by atoms with Crippen LogP contribution < -0.4 is 5.32 Å². The fourth-order valence-electron chi connectivity index (χ4n) is 2.85. The minimum atomic E-state index is -3.65. The molecule has 5 nitrogen and oxygen atoms in total. The highest BCUT2D eigenvalue weighted by Gasteiger charge is 2.45. The highest BCUT2D eigenvalue weighted by molar-refractivity contribution is 7.89. The maximum Gasteiger partial charge on any atom is 0.244 e. The van der Waals surface area contributed by atoms with Gasteiger partial charge in [0.05, 0.1) is 16.7 Å². The van der Waals surface area contributed by atoms with Crippen molar-refractivity contribution in [2.75, 3.05) is 13.1 Å². The Labute approximate surface area is 163 Å². The first-order valence-corrected chi connectivity index (χ1v) is 10.1. The number of rotatable bonds is 5. The minimum Gasteiger partial charge on any atom is -0.305 e. The molecule has 0 radical (unpaired) electrons. The highest BCUT2D eigenvalue weighted by Crippen LogP contribution is 2.32. The summed E-state index contributed by atoms with van der Waals surface area (Å²) < 4.78 is 26.8. The number of sulfonamides is 1. The molecule has 0 aromatic heterocycles.